The first-order valence-electron chi connectivity index (χ1n) is 15.7. The van der Waals surface area contributed by atoms with Gasteiger partial charge in [-0.15, -0.1) is 0 Å². The van der Waals surface area contributed by atoms with Crippen molar-refractivity contribution in [2.24, 2.45) is 4.99 Å². The molecule has 1 saturated heterocycles. The van der Waals surface area contributed by atoms with Crippen molar-refractivity contribution < 1.29 is 36.9 Å². The maximum absolute atomic E-state index is 14.0. The Bertz CT molecular complexity index is 2160. The van der Waals surface area contributed by atoms with Gasteiger partial charge in [0.25, 0.3) is 0 Å². The van der Waals surface area contributed by atoms with Crippen LogP contribution in [0.4, 0.5) is 0 Å². The Morgan fingerprint density at radius 1 is 1.02 bits per heavy atom. The second-order valence-corrected chi connectivity index (χ2v) is 12.4. The number of rotatable bonds is 9. The molecule has 2 heterocycles. The first kappa shape index (κ1) is 33.7. The molecule has 50 heavy (non-hydrogen) atoms. The van der Waals surface area contributed by atoms with Gasteiger partial charge in [0.15, 0.2) is 17.2 Å². The number of esters is 1. The lowest BCUT2D eigenvalue weighted by Crippen LogP contribution is -2.54. The van der Waals surface area contributed by atoms with Gasteiger partial charge in [0, 0.05) is 28.6 Å². The van der Waals surface area contributed by atoms with Crippen LogP contribution in [-0.4, -0.2) is 55.4 Å². The smallest absolute Gasteiger partial charge is 0.343 e. The molecule has 14 heteroatoms. The summed E-state index contributed by atoms with van der Waals surface area (Å²) in [6.45, 7) is 3.96. The number of nitrogens with one attached hydrogen (secondary N) is 2. The Labute approximate surface area is 289 Å². The number of allylic oxidation sites excluding steroid dienone is 3. The van der Waals surface area contributed by atoms with Gasteiger partial charge < -0.3 is 24.3 Å². The van der Waals surface area contributed by atoms with E-state index in [0.717, 1.165) is 15.9 Å². The van der Waals surface area contributed by atoms with E-state index in [9.17, 15) is 23.4 Å². The number of ether oxygens (including phenoxy) is 4. The monoisotopic (exact) mass is 694 g/mol. The van der Waals surface area contributed by atoms with Crippen molar-refractivity contribution in [3.63, 3.8) is 0 Å². The molecule has 0 spiro atoms. The number of hydrogen-bond donors (Lipinski definition) is 2. The van der Waals surface area contributed by atoms with E-state index >= 15 is 0 Å². The number of amidine groups is 1. The number of carbonyl (C=O) groups excluding carboxylic acids is 1. The van der Waals surface area contributed by atoms with Gasteiger partial charge >= 0.3 is 18.2 Å². The Morgan fingerprint density at radius 2 is 1.84 bits per heavy atom. The first-order valence-corrected chi connectivity index (χ1v) is 16.8. The summed E-state index contributed by atoms with van der Waals surface area (Å²) in [7, 11) is -2.31. The van der Waals surface area contributed by atoms with Crippen molar-refractivity contribution in [1.82, 2.24) is 10.6 Å². The lowest BCUT2D eigenvalue weighted by molar-refractivity contribution is -0.616. The van der Waals surface area contributed by atoms with Gasteiger partial charge in [0.1, 0.15) is 11.5 Å². The van der Waals surface area contributed by atoms with Gasteiger partial charge in [-0.3, -0.25) is 5.32 Å². The molecular weight excluding hydrogens is 662 g/mol. The quantitative estimate of drug-likeness (QED) is 0.179. The third kappa shape index (κ3) is 7.74. The average molecular weight is 695 g/mol. The average Bonchev–Trinajstić information content (AvgIpc) is 3.11. The van der Waals surface area contributed by atoms with Crippen molar-refractivity contribution in [2.75, 3.05) is 13.2 Å². The number of aryl methyl sites for hydroxylation is 1. The highest BCUT2D eigenvalue weighted by Gasteiger charge is 2.47. The molecule has 2 aliphatic heterocycles. The summed E-state index contributed by atoms with van der Waals surface area (Å²) in [5.74, 6) is 0.870. The molecule has 0 radical (unpaired) electrons. The van der Waals surface area contributed by atoms with Crippen LogP contribution in [0.2, 0.25) is 0 Å². The maximum Gasteiger partial charge on any atom is 0.343 e. The molecule has 3 aromatic rings. The topological polar surface area (TPSA) is 168 Å². The second kappa shape index (κ2) is 14.9. The number of nitriles is 1. The van der Waals surface area contributed by atoms with Crippen LogP contribution in [0, 0.1) is 23.2 Å². The number of hydrogen-bond acceptors (Lipinski definition) is 12. The van der Waals surface area contributed by atoms with E-state index in [2.05, 4.69) is 21.7 Å². The molecule has 2 N–H and O–H groups in total. The van der Waals surface area contributed by atoms with Crippen LogP contribution >= 0.6 is 0 Å². The molecule has 0 saturated carbocycles. The highest BCUT2D eigenvalue weighted by molar-refractivity contribution is 7.73. The molecule has 2 atom stereocenters. The number of fused-ring (bicyclic) bond motifs is 1. The lowest BCUT2D eigenvalue weighted by atomic mass is 9.98. The third-order valence-electron chi connectivity index (χ3n) is 7.86. The van der Waals surface area contributed by atoms with Gasteiger partial charge in [0.05, 0.1) is 35.2 Å². The molecule has 6 rings (SSSR count). The molecule has 0 bridgehead atoms. The maximum atomic E-state index is 14.0. The predicted molar refractivity (Wildman–Crippen MR) is 183 cm³/mol. The Hall–Kier alpha value is -6.20. The van der Waals surface area contributed by atoms with E-state index in [0.29, 0.717) is 34.9 Å². The molecule has 13 nitrogen and oxygen atoms in total. The summed E-state index contributed by atoms with van der Waals surface area (Å²) >= 11 is 0. The van der Waals surface area contributed by atoms with E-state index in [1.165, 1.54) is 18.2 Å². The number of aliphatic imine (C=N–C) groups is 1. The molecule has 3 aromatic carbocycles. The number of piperazine rings is 1. The van der Waals surface area contributed by atoms with Crippen LogP contribution in [0.1, 0.15) is 41.3 Å². The van der Waals surface area contributed by atoms with Gasteiger partial charge in [-0.1, -0.05) is 30.4 Å². The van der Waals surface area contributed by atoms with Crippen molar-refractivity contribution in [2.45, 2.75) is 38.9 Å². The minimum absolute atomic E-state index is 0.107. The summed E-state index contributed by atoms with van der Waals surface area (Å²) in [5, 5.41) is 15.9. The summed E-state index contributed by atoms with van der Waals surface area (Å²) in [4.78, 5) is 31.4. The van der Waals surface area contributed by atoms with E-state index in [4.69, 9.17) is 18.9 Å². The molecule has 1 fully saturated rings. The standard InChI is InChI=1S/C36H32N5O8S/c1-3-46-35(42)25-15-22(2)16-28(19-25)48-34-32-33(41(43)26(21-38-32)17-23-9-12-29(13-10-23)50(44)45)39-36(40-34)49-31-18-24(20-37)11-14-30(31)47-27-7-5-4-6-8-27/h4-12,14-16,18-19,26,33,38H,3,13,17,21H2,1-2H3,(H,39,40)/q+1. The van der Waals surface area contributed by atoms with Crippen LogP contribution in [0.5, 0.6) is 23.0 Å². The Balaban J connectivity index is 1.33. The molecule has 254 valence electrons. The second-order valence-electron chi connectivity index (χ2n) is 11.4. The lowest BCUT2D eigenvalue weighted by Gasteiger charge is -2.29. The Morgan fingerprint density at radius 3 is 2.56 bits per heavy atom. The molecule has 1 aliphatic carbocycles. The van der Waals surface area contributed by atoms with E-state index in [1.54, 1.807) is 55.5 Å². The summed E-state index contributed by atoms with van der Waals surface area (Å²) in [5.41, 5.74) is 2.47. The van der Waals surface area contributed by atoms with Gasteiger partial charge in [-0.2, -0.15) is 18.7 Å². The number of carbonyl (C=O) groups is 1. The fourth-order valence-corrected chi connectivity index (χ4v) is 5.89. The van der Waals surface area contributed by atoms with E-state index in [1.807, 2.05) is 25.1 Å². The molecule has 3 aliphatic rings. The molecular formula is C36H32N5O8S+. The van der Waals surface area contributed by atoms with Crippen LogP contribution < -0.4 is 24.8 Å². The minimum Gasteiger partial charge on any atom is -0.462 e. The van der Waals surface area contributed by atoms with Gasteiger partial charge in [0.2, 0.25) is 22.2 Å². The van der Waals surface area contributed by atoms with Crippen molar-refractivity contribution >= 4 is 27.1 Å². The van der Waals surface area contributed by atoms with E-state index < -0.39 is 28.5 Å². The first-order chi connectivity index (χ1) is 24.2. The van der Waals surface area contributed by atoms with Crippen molar-refractivity contribution in [3.05, 3.63) is 124 Å². The zero-order valence-electron chi connectivity index (χ0n) is 27.1. The van der Waals surface area contributed by atoms with Crippen LogP contribution in [-0.2, 0) is 15.0 Å². The highest BCUT2D eigenvalue weighted by Crippen LogP contribution is 2.34. The minimum atomic E-state index is -2.31. The molecule has 0 aromatic heterocycles. The number of para-hydroxylation sites is 1. The summed E-state index contributed by atoms with van der Waals surface area (Å²) in [6, 6.07) is 20.0. The highest BCUT2D eigenvalue weighted by atomic mass is 32.2. The van der Waals surface area contributed by atoms with Gasteiger partial charge in [-0.05, 0) is 73.5 Å². The third-order valence-corrected chi connectivity index (χ3v) is 8.59. The zero-order valence-corrected chi connectivity index (χ0v) is 27.9. The van der Waals surface area contributed by atoms with Crippen molar-refractivity contribution in [3.8, 4) is 29.1 Å². The molecule has 0 amide bonds. The van der Waals surface area contributed by atoms with Gasteiger partial charge in [-0.25, -0.2) is 4.79 Å². The summed E-state index contributed by atoms with van der Waals surface area (Å²) in [6.07, 6.45) is 4.44. The SMILES string of the molecule is CCOC(=O)c1cc(C)cc(OC2=C3NCC(CC4=CCC(=S(=O)=O)C=C4)[N+](=O)C3N=C(Oc3cc(C#N)ccc3Oc3ccccc3)N2)c1. The Kier molecular flexibility index (Phi) is 10.1. The molecule has 2 unspecified atom stereocenters. The normalized spacial score (nSPS) is 18.0. The van der Waals surface area contributed by atoms with Crippen LogP contribution in [0.15, 0.2) is 107 Å². The number of nitrogens with zero attached hydrogens (tertiary/aromatic N) is 3. The number of nitroso groups, excluding NO2 is 1. The number of benzene rings is 3. The summed E-state index contributed by atoms with van der Waals surface area (Å²) < 4.78 is 47.3. The van der Waals surface area contributed by atoms with E-state index in [-0.39, 0.29) is 47.7 Å². The fraction of sp³-hybridized carbons (Fsp3) is 0.222. The van der Waals surface area contributed by atoms with Crippen molar-refractivity contribution in [1.29, 1.82) is 5.26 Å². The van der Waals surface area contributed by atoms with Crippen LogP contribution in [0.3, 0.4) is 0 Å². The largest absolute Gasteiger partial charge is 0.462 e. The zero-order chi connectivity index (χ0) is 35.2. The fourth-order valence-electron chi connectivity index (χ4n) is 5.49. The van der Waals surface area contributed by atoms with Crippen LogP contribution in [0.25, 0.3) is 0 Å². The predicted octanol–water partition coefficient (Wildman–Crippen LogP) is 4.83.